The molecule has 4 saturated carbocycles. The number of hydrogen-bond acceptors (Lipinski definition) is 3. The summed E-state index contributed by atoms with van der Waals surface area (Å²) in [6.45, 7) is 9.36. The summed E-state index contributed by atoms with van der Waals surface area (Å²) in [5, 5.41) is 4.29. The Kier molecular flexibility index (Phi) is 5.24. The molecule has 0 spiro atoms. The Bertz CT molecular complexity index is 677. The first-order valence-electron chi connectivity index (χ1n) is 11.5. The van der Waals surface area contributed by atoms with Gasteiger partial charge < -0.3 is 9.26 Å². The molecule has 28 heavy (non-hydrogen) atoms. The Hall–Kier alpha value is -0.793. The molecule has 156 valence electrons. The first-order chi connectivity index (χ1) is 13.2. The van der Waals surface area contributed by atoms with Crippen LogP contribution in [0.3, 0.4) is 0 Å². The number of hydrogen-bond donors (Lipinski definition) is 0. The maximum atomic E-state index is 6.81. The second kappa shape index (κ2) is 7.17. The van der Waals surface area contributed by atoms with Crippen LogP contribution < -0.4 is 0 Å². The summed E-state index contributed by atoms with van der Waals surface area (Å²) in [7, 11) is -0.0148. The standard InChI is InChI=1S/C24H39NO2Si/c1-7-24(27-28(4,5)6)15-13-22-21-10-8-17-16-18(25-26-3)9-11-19(17)20(21)12-14-23(22,24)2/h1,17,19-22H,8-16H2,2-6H3/b25-18+/t17-,19-,20+,21+,22-,23-,24-/m0/s1. The average molecular weight is 402 g/mol. The summed E-state index contributed by atoms with van der Waals surface area (Å²) >= 11 is 0. The fraction of sp³-hybridized carbons (Fsp3) is 0.875. The van der Waals surface area contributed by atoms with Crippen LogP contribution >= 0.6 is 0 Å². The molecule has 0 saturated heterocycles. The third-order valence-electron chi connectivity index (χ3n) is 8.84. The van der Waals surface area contributed by atoms with Crippen LogP contribution in [0, 0.1) is 47.3 Å². The normalized spacial score (nSPS) is 47.0. The number of fused-ring (bicyclic) bond motifs is 5. The zero-order valence-electron chi connectivity index (χ0n) is 18.6. The monoisotopic (exact) mass is 401 g/mol. The van der Waals surface area contributed by atoms with E-state index in [1.165, 1.54) is 44.2 Å². The second-order valence-electron chi connectivity index (χ2n) is 11.2. The maximum Gasteiger partial charge on any atom is 0.185 e. The minimum absolute atomic E-state index is 0.160. The number of oxime groups is 1. The van der Waals surface area contributed by atoms with Crippen molar-refractivity contribution in [1.82, 2.24) is 0 Å². The molecule has 0 aromatic rings. The Morgan fingerprint density at radius 2 is 1.82 bits per heavy atom. The van der Waals surface area contributed by atoms with Gasteiger partial charge in [0.1, 0.15) is 12.7 Å². The molecule has 7 atom stereocenters. The molecule has 0 bridgehead atoms. The highest BCUT2D eigenvalue weighted by atomic mass is 28.4. The quantitative estimate of drug-likeness (QED) is 0.337. The zero-order valence-corrected chi connectivity index (χ0v) is 19.6. The second-order valence-corrected chi connectivity index (χ2v) is 15.6. The van der Waals surface area contributed by atoms with E-state index in [1.54, 1.807) is 7.11 Å². The molecule has 0 aromatic carbocycles. The molecule has 4 heteroatoms. The molecule has 0 unspecified atom stereocenters. The molecule has 4 rings (SSSR count). The van der Waals surface area contributed by atoms with Crippen molar-refractivity contribution in [2.45, 2.75) is 90.0 Å². The van der Waals surface area contributed by atoms with Crippen molar-refractivity contribution in [3.05, 3.63) is 0 Å². The van der Waals surface area contributed by atoms with E-state index in [0.717, 1.165) is 48.9 Å². The first-order valence-corrected chi connectivity index (χ1v) is 14.9. The van der Waals surface area contributed by atoms with Gasteiger partial charge in [0.05, 0.1) is 5.71 Å². The minimum atomic E-state index is -1.69. The van der Waals surface area contributed by atoms with Crippen molar-refractivity contribution in [2.24, 2.45) is 40.2 Å². The van der Waals surface area contributed by atoms with E-state index in [2.05, 4.69) is 37.6 Å². The van der Waals surface area contributed by atoms with Gasteiger partial charge in [0.2, 0.25) is 0 Å². The topological polar surface area (TPSA) is 30.8 Å². The van der Waals surface area contributed by atoms with Gasteiger partial charge in [0.25, 0.3) is 0 Å². The number of rotatable bonds is 3. The lowest BCUT2D eigenvalue weighted by molar-refractivity contribution is -0.0941. The molecular formula is C24H39NO2Si. The van der Waals surface area contributed by atoms with Crippen LogP contribution in [0.1, 0.15) is 64.7 Å². The van der Waals surface area contributed by atoms with Crippen LogP contribution in [0.4, 0.5) is 0 Å². The van der Waals surface area contributed by atoms with Crippen molar-refractivity contribution < 1.29 is 9.26 Å². The van der Waals surface area contributed by atoms with Crippen LogP contribution in [-0.4, -0.2) is 26.7 Å². The van der Waals surface area contributed by atoms with Crippen LogP contribution in [0.5, 0.6) is 0 Å². The van der Waals surface area contributed by atoms with Crippen LogP contribution in [-0.2, 0) is 9.26 Å². The Morgan fingerprint density at radius 3 is 2.50 bits per heavy atom. The average Bonchev–Trinajstić information content (AvgIpc) is 2.93. The summed E-state index contributed by atoms with van der Waals surface area (Å²) in [6.07, 6.45) is 17.5. The highest BCUT2D eigenvalue weighted by Crippen LogP contribution is 2.66. The van der Waals surface area contributed by atoms with Gasteiger partial charge >= 0.3 is 0 Å². The summed E-state index contributed by atoms with van der Waals surface area (Å²) in [5.41, 5.74) is 1.13. The minimum Gasteiger partial charge on any atom is -0.401 e. The van der Waals surface area contributed by atoms with E-state index < -0.39 is 8.32 Å². The summed E-state index contributed by atoms with van der Waals surface area (Å²) in [6, 6.07) is 0. The van der Waals surface area contributed by atoms with Crippen molar-refractivity contribution in [3.8, 4) is 12.3 Å². The summed E-state index contributed by atoms with van der Waals surface area (Å²) in [4.78, 5) is 5.07. The maximum absolute atomic E-state index is 6.81. The molecule has 0 N–H and O–H groups in total. The van der Waals surface area contributed by atoms with Gasteiger partial charge in [-0.05, 0) is 107 Å². The van der Waals surface area contributed by atoms with E-state index in [0.29, 0.717) is 0 Å². The van der Waals surface area contributed by atoms with E-state index in [1.807, 2.05) is 0 Å². The van der Waals surface area contributed by atoms with Crippen molar-refractivity contribution in [3.63, 3.8) is 0 Å². The molecule has 0 radical (unpaired) electrons. The highest BCUT2D eigenvalue weighted by Gasteiger charge is 2.64. The van der Waals surface area contributed by atoms with Gasteiger partial charge in [0, 0.05) is 5.41 Å². The predicted molar refractivity (Wildman–Crippen MR) is 118 cm³/mol. The molecule has 0 heterocycles. The lowest BCUT2D eigenvalue weighted by atomic mass is 9.49. The molecule has 4 aliphatic carbocycles. The third-order valence-corrected chi connectivity index (χ3v) is 9.80. The molecule has 0 amide bonds. The van der Waals surface area contributed by atoms with Crippen molar-refractivity contribution >= 4 is 14.0 Å². The van der Waals surface area contributed by atoms with Gasteiger partial charge in [-0.25, -0.2) is 0 Å². The van der Waals surface area contributed by atoms with Crippen LogP contribution in [0.15, 0.2) is 5.16 Å². The third kappa shape index (κ3) is 3.17. The van der Waals surface area contributed by atoms with Gasteiger partial charge in [-0.2, -0.15) is 0 Å². The van der Waals surface area contributed by atoms with Gasteiger partial charge in [-0.15, -0.1) is 6.42 Å². The van der Waals surface area contributed by atoms with E-state index >= 15 is 0 Å². The van der Waals surface area contributed by atoms with Gasteiger partial charge in [-0.3, -0.25) is 0 Å². The molecule has 0 aliphatic heterocycles. The lowest BCUT2D eigenvalue weighted by Gasteiger charge is -2.57. The summed E-state index contributed by atoms with van der Waals surface area (Å²) in [5.74, 6) is 7.42. The Balaban J connectivity index is 1.56. The Labute approximate surface area is 173 Å². The van der Waals surface area contributed by atoms with Crippen molar-refractivity contribution in [1.29, 1.82) is 0 Å². The molecule has 0 aromatic heterocycles. The smallest absolute Gasteiger partial charge is 0.185 e. The molecule has 3 nitrogen and oxygen atoms in total. The van der Waals surface area contributed by atoms with E-state index in [9.17, 15) is 0 Å². The lowest BCUT2D eigenvalue weighted by Crippen LogP contribution is -2.56. The number of nitrogens with zero attached hydrogens (tertiary/aromatic N) is 1. The fourth-order valence-electron chi connectivity index (χ4n) is 7.84. The van der Waals surface area contributed by atoms with Gasteiger partial charge in [-0.1, -0.05) is 18.0 Å². The van der Waals surface area contributed by atoms with E-state index in [4.69, 9.17) is 15.7 Å². The first kappa shape index (κ1) is 20.5. The highest BCUT2D eigenvalue weighted by molar-refractivity contribution is 6.69. The predicted octanol–water partition coefficient (Wildman–Crippen LogP) is 5.86. The largest absolute Gasteiger partial charge is 0.401 e. The summed E-state index contributed by atoms with van der Waals surface area (Å²) < 4.78 is 6.81. The molecule has 4 fully saturated rings. The van der Waals surface area contributed by atoms with Crippen LogP contribution in [0.25, 0.3) is 0 Å². The van der Waals surface area contributed by atoms with Crippen LogP contribution in [0.2, 0.25) is 19.6 Å². The SMILES string of the molecule is C#C[C@]1(O[Si](C)(C)C)CC[C@H]2[C@@H]3CC[C@H]4C/C(=N/OC)CC[C@@H]4[C@H]3CC[C@@]21C. The van der Waals surface area contributed by atoms with Gasteiger partial charge in [0.15, 0.2) is 8.32 Å². The van der Waals surface area contributed by atoms with E-state index in [-0.39, 0.29) is 11.0 Å². The molecule has 4 aliphatic rings. The Morgan fingerprint density at radius 1 is 1.04 bits per heavy atom. The molecular weight excluding hydrogens is 362 g/mol. The van der Waals surface area contributed by atoms with Crippen molar-refractivity contribution in [2.75, 3.05) is 7.11 Å². The number of terminal acetylenes is 1. The fourth-order valence-corrected chi connectivity index (χ4v) is 9.28. The zero-order chi connectivity index (χ0) is 20.2.